The Morgan fingerprint density at radius 1 is 1.12 bits per heavy atom. The number of carbonyl (C=O) groups excluding carboxylic acids is 1. The molecule has 1 saturated heterocycles. The molecule has 1 aliphatic rings. The smallest absolute Gasteiger partial charge is 0.353 e. The quantitative estimate of drug-likeness (QED) is 0.837. The third-order valence-corrected chi connectivity index (χ3v) is 4.02. The Morgan fingerprint density at radius 3 is 2.40 bits per heavy atom. The molecule has 1 amide bonds. The molecule has 0 aliphatic carbocycles. The molecule has 25 heavy (non-hydrogen) atoms. The Kier molecular flexibility index (Phi) is 4.60. The number of amides is 1. The van der Waals surface area contributed by atoms with Gasteiger partial charge in [-0.2, -0.15) is 13.2 Å². The van der Waals surface area contributed by atoms with E-state index in [1.807, 2.05) is 16.4 Å². The molecule has 0 spiro atoms. The zero-order chi connectivity index (χ0) is 18.0. The second-order valence-corrected chi connectivity index (χ2v) is 5.74. The normalized spacial score (nSPS) is 15.5. The fourth-order valence-corrected chi connectivity index (χ4v) is 2.73. The van der Waals surface area contributed by atoms with E-state index in [1.54, 1.807) is 18.5 Å². The first-order valence-corrected chi connectivity index (χ1v) is 7.75. The van der Waals surface area contributed by atoms with Gasteiger partial charge in [-0.05, 0) is 6.92 Å². The summed E-state index contributed by atoms with van der Waals surface area (Å²) in [5.41, 5.74) is 0. The van der Waals surface area contributed by atoms with Crippen molar-refractivity contribution in [2.45, 2.75) is 19.5 Å². The van der Waals surface area contributed by atoms with Crippen LogP contribution < -0.4 is 4.90 Å². The number of hydrogen-bond acceptors (Lipinski definition) is 5. The molecule has 0 aromatic carbocycles. The van der Waals surface area contributed by atoms with E-state index >= 15 is 0 Å². The van der Waals surface area contributed by atoms with Crippen LogP contribution in [0, 0.1) is 6.92 Å². The largest absolute Gasteiger partial charge is 0.397 e. The zero-order valence-corrected chi connectivity index (χ0v) is 13.6. The van der Waals surface area contributed by atoms with Crippen LogP contribution in [-0.4, -0.2) is 62.7 Å². The van der Waals surface area contributed by atoms with Gasteiger partial charge < -0.3 is 9.80 Å². The first kappa shape index (κ1) is 17.2. The van der Waals surface area contributed by atoms with Crippen molar-refractivity contribution in [1.82, 2.24) is 24.4 Å². The molecule has 10 heteroatoms. The van der Waals surface area contributed by atoms with Gasteiger partial charge in [-0.15, -0.1) is 0 Å². The van der Waals surface area contributed by atoms with Crippen LogP contribution in [0.4, 0.5) is 19.0 Å². The Bertz CT molecular complexity index is 752. The fourth-order valence-electron chi connectivity index (χ4n) is 2.73. The summed E-state index contributed by atoms with van der Waals surface area (Å²) in [6.45, 7) is 3.16. The number of hydrogen-bond donors (Lipinski definition) is 0. The van der Waals surface area contributed by atoms with Crippen molar-refractivity contribution in [3.8, 4) is 5.82 Å². The number of halogens is 3. The van der Waals surface area contributed by atoms with Gasteiger partial charge in [0.1, 0.15) is 30.2 Å². The van der Waals surface area contributed by atoms with E-state index in [1.165, 1.54) is 11.2 Å². The van der Waals surface area contributed by atoms with Crippen LogP contribution in [0.2, 0.25) is 0 Å². The highest BCUT2D eigenvalue weighted by atomic mass is 19.4. The Hall–Kier alpha value is -2.65. The Morgan fingerprint density at radius 2 is 1.80 bits per heavy atom. The predicted molar refractivity (Wildman–Crippen MR) is 83.4 cm³/mol. The summed E-state index contributed by atoms with van der Waals surface area (Å²) >= 11 is 0. The number of imidazole rings is 1. The summed E-state index contributed by atoms with van der Waals surface area (Å²) in [7, 11) is 0. The molecule has 3 heterocycles. The van der Waals surface area contributed by atoms with Crippen molar-refractivity contribution in [1.29, 1.82) is 0 Å². The van der Waals surface area contributed by atoms with Gasteiger partial charge in [0.25, 0.3) is 0 Å². The lowest BCUT2D eigenvalue weighted by atomic mass is 10.2. The van der Waals surface area contributed by atoms with E-state index in [9.17, 15) is 18.0 Å². The van der Waals surface area contributed by atoms with Crippen molar-refractivity contribution >= 4 is 11.7 Å². The maximum atomic E-state index is 12.3. The third-order valence-electron chi connectivity index (χ3n) is 4.02. The molecule has 2 aromatic rings. The van der Waals surface area contributed by atoms with Crippen molar-refractivity contribution < 1.29 is 18.0 Å². The second kappa shape index (κ2) is 6.69. The molecule has 0 radical (unpaired) electrons. The lowest BCUT2D eigenvalue weighted by Crippen LogP contribution is -2.49. The number of piperazine rings is 1. The van der Waals surface area contributed by atoms with Crippen molar-refractivity contribution in [2.75, 3.05) is 31.1 Å². The molecule has 1 aliphatic heterocycles. The van der Waals surface area contributed by atoms with Gasteiger partial charge in [-0.3, -0.25) is 9.36 Å². The third kappa shape index (κ3) is 4.06. The molecule has 2 aromatic heterocycles. The van der Waals surface area contributed by atoms with Crippen LogP contribution in [-0.2, 0) is 4.79 Å². The summed E-state index contributed by atoms with van der Waals surface area (Å²) in [6, 6.07) is 1.79. The van der Waals surface area contributed by atoms with Crippen LogP contribution in [0.3, 0.4) is 0 Å². The van der Waals surface area contributed by atoms with E-state index in [-0.39, 0.29) is 13.1 Å². The van der Waals surface area contributed by atoms with Crippen LogP contribution in [0.25, 0.3) is 5.82 Å². The van der Waals surface area contributed by atoms with Crippen molar-refractivity contribution in [3.63, 3.8) is 0 Å². The average molecular weight is 354 g/mol. The van der Waals surface area contributed by atoms with Gasteiger partial charge >= 0.3 is 6.18 Å². The lowest BCUT2D eigenvalue weighted by Gasteiger charge is -2.35. The van der Waals surface area contributed by atoms with E-state index in [4.69, 9.17) is 0 Å². The first-order chi connectivity index (χ1) is 11.8. The Balaban J connectivity index is 1.66. The summed E-state index contributed by atoms with van der Waals surface area (Å²) in [5.74, 6) is 1.23. The van der Waals surface area contributed by atoms with Gasteiger partial charge in [0.15, 0.2) is 0 Å². The molecule has 0 bridgehead atoms. The first-order valence-electron chi connectivity index (χ1n) is 7.75. The molecule has 0 atom stereocenters. The topological polar surface area (TPSA) is 67.2 Å². The minimum absolute atomic E-state index is 0.234. The van der Waals surface area contributed by atoms with Crippen LogP contribution in [0.1, 0.15) is 12.2 Å². The average Bonchev–Trinajstić information content (AvgIpc) is 3.00. The molecule has 7 nitrogen and oxygen atoms in total. The molecule has 1 fully saturated rings. The van der Waals surface area contributed by atoms with Gasteiger partial charge in [0, 0.05) is 44.6 Å². The minimum Gasteiger partial charge on any atom is -0.353 e. The van der Waals surface area contributed by atoms with Crippen molar-refractivity contribution in [3.05, 3.63) is 30.6 Å². The summed E-state index contributed by atoms with van der Waals surface area (Å²) in [6.07, 6.45) is -0.994. The maximum Gasteiger partial charge on any atom is 0.397 e. The zero-order valence-electron chi connectivity index (χ0n) is 13.6. The Labute approximate surface area is 142 Å². The molecule has 0 unspecified atom stereocenters. The molecule has 3 rings (SSSR count). The van der Waals surface area contributed by atoms with Crippen LogP contribution in [0.5, 0.6) is 0 Å². The molecular weight excluding hydrogens is 337 g/mol. The molecule has 134 valence electrons. The number of alkyl halides is 3. The van der Waals surface area contributed by atoms with Crippen LogP contribution >= 0.6 is 0 Å². The highest BCUT2D eigenvalue weighted by molar-refractivity contribution is 5.77. The SMILES string of the molecule is Cc1nccn1-c1cc(N2CCN(C(=O)CC(F)(F)F)CC2)ncn1. The number of rotatable bonds is 3. The van der Waals surface area contributed by atoms with Crippen molar-refractivity contribution in [2.24, 2.45) is 0 Å². The van der Waals surface area contributed by atoms with Crippen LogP contribution in [0.15, 0.2) is 24.8 Å². The fraction of sp³-hybridized carbons (Fsp3) is 0.467. The number of aryl methyl sites for hydroxylation is 1. The maximum absolute atomic E-state index is 12.3. The minimum atomic E-state index is -4.47. The number of carbonyl (C=O) groups is 1. The summed E-state index contributed by atoms with van der Waals surface area (Å²) in [5, 5.41) is 0. The summed E-state index contributed by atoms with van der Waals surface area (Å²) in [4.78, 5) is 27.4. The van der Waals surface area contributed by atoms with Gasteiger partial charge in [-0.25, -0.2) is 15.0 Å². The van der Waals surface area contributed by atoms with E-state index in [0.717, 1.165) is 5.82 Å². The predicted octanol–water partition coefficient (Wildman–Crippen LogP) is 1.57. The van der Waals surface area contributed by atoms with Gasteiger partial charge in [-0.1, -0.05) is 0 Å². The number of aromatic nitrogens is 4. The monoisotopic (exact) mass is 354 g/mol. The van der Waals surface area contributed by atoms with E-state index < -0.39 is 18.5 Å². The lowest BCUT2D eigenvalue weighted by molar-refractivity contribution is -0.161. The highest BCUT2D eigenvalue weighted by Gasteiger charge is 2.34. The summed E-state index contributed by atoms with van der Waals surface area (Å²) < 4.78 is 38.8. The van der Waals surface area contributed by atoms with Gasteiger partial charge in [0.05, 0.1) is 0 Å². The number of nitrogens with zero attached hydrogens (tertiary/aromatic N) is 6. The van der Waals surface area contributed by atoms with E-state index in [0.29, 0.717) is 24.7 Å². The van der Waals surface area contributed by atoms with Gasteiger partial charge in [0.2, 0.25) is 5.91 Å². The number of anilines is 1. The molecular formula is C15H17F3N6O. The van der Waals surface area contributed by atoms with E-state index in [2.05, 4.69) is 15.0 Å². The second-order valence-electron chi connectivity index (χ2n) is 5.74. The standard InChI is InChI=1S/C15H17F3N6O/c1-11-19-2-3-24(11)13-8-12(20-10-21-13)22-4-6-23(7-5-22)14(25)9-15(16,17)18/h2-3,8,10H,4-7,9H2,1H3. The highest BCUT2D eigenvalue weighted by Crippen LogP contribution is 2.22. The molecule has 0 saturated carbocycles. The molecule has 0 N–H and O–H groups in total.